The fourth-order valence-corrected chi connectivity index (χ4v) is 2.56. The van der Waals surface area contributed by atoms with Crippen molar-refractivity contribution in [3.8, 4) is 0 Å². The second kappa shape index (κ2) is 6.56. The molecule has 0 amide bonds. The number of thioether (sulfide) groups is 1. The summed E-state index contributed by atoms with van der Waals surface area (Å²) in [5.74, 6) is 0.324. The second-order valence-corrected chi connectivity index (χ2v) is 5.20. The number of aliphatic hydroxyl groups excluding tert-OH is 2. The Bertz CT molecular complexity index is 633. The lowest BCUT2D eigenvalue weighted by Gasteiger charge is -2.10. The van der Waals surface area contributed by atoms with Gasteiger partial charge < -0.3 is 21.2 Å². The van der Waals surface area contributed by atoms with Crippen LogP contribution < -0.4 is 5.73 Å². The van der Waals surface area contributed by atoms with Gasteiger partial charge in [0.05, 0.1) is 23.3 Å². The maximum Gasteiger partial charge on any atom is 0.170 e. The number of hydrogen-bond donors (Lipinski definition) is 4. The predicted molar refractivity (Wildman–Crippen MR) is 78.1 cm³/mol. The van der Waals surface area contributed by atoms with Gasteiger partial charge in [0.2, 0.25) is 0 Å². The van der Waals surface area contributed by atoms with Gasteiger partial charge >= 0.3 is 0 Å². The summed E-state index contributed by atoms with van der Waals surface area (Å²) < 4.78 is 0. The smallest absolute Gasteiger partial charge is 0.170 e. The van der Waals surface area contributed by atoms with Gasteiger partial charge in [-0.25, -0.2) is 4.98 Å². The molecule has 2 aromatic rings. The Morgan fingerprint density at radius 1 is 1.40 bits per heavy atom. The zero-order chi connectivity index (χ0) is 14.5. The van der Waals surface area contributed by atoms with Crippen LogP contribution in [0.5, 0.6) is 0 Å². The molecule has 0 bridgehead atoms. The first kappa shape index (κ1) is 14.6. The van der Waals surface area contributed by atoms with Crippen LogP contribution >= 0.6 is 11.8 Å². The zero-order valence-electron chi connectivity index (χ0n) is 10.6. The van der Waals surface area contributed by atoms with Gasteiger partial charge in [-0.15, -0.1) is 11.8 Å². The molecule has 0 radical (unpaired) electrons. The van der Waals surface area contributed by atoms with E-state index in [2.05, 4.69) is 10.1 Å². The summed E-state index contributed by atoms with van der Waals surface area (Å²) >= 11 is 1.30. The van der Waals surface area contributed by atoms with Crippen LogP contribution in [0.1, 0.15) is 5.56 Å². The molecule has 1 aromatic heterocycles. The average Bonchev–Trinajstić information content (AvgIpc) is 2.50. The largest absolute Gasteiger partial charge is 0.409 e. The topological polar surface area (TPSA) is 112 Å². The molecular weight excluding hydrogens is 278 g/mol. The van der Waals surface area contributed by atoms with E-state index in [4.69, 9.17) is 16.0 Å². The minimum atomic E-state index is -0.805. The van der Waals surface area contributed by atoms with E-state index in [1.54, 1.807) is 6.07 Å². The minimum Gasteiger partial charge on any atom is -0.409 e. The molecule has 1 atom stereocenters. The molecular formula is C13H15N3O3S. The summed E-state index contributed by atoms with van der Waals surface area (Å²) in [4.78, 5) is 4.44. The van der Waals surface area contributed by atoms with E-state index in [1.807, 2.05) is 24.3 Å². The third kappa shape index (κ3) is 3.19. The molecule has 1 heterocycles. The van der Waals surface area contributed by atoms with Gasteiger partial charge in [-0.1, -0.05) is 23.4 Å². The number of nitrogens with zero attached hydrogens (tertiary/aromatic N) is 2. The number of pyridine rings is 1. The summed E-state index contributed by atoms with van der Waals surface area (Å²) in [6, 6.07) is 9.07. The van der Waals surface area contributed by atoms with Crippen molar-refractivity contribution in [2.24, 2.45) is 10.9 Å². The quantitative estimate of drug-likeness (QED) is 0.213. The number of nitrogens with two attached hydrogens (primary N) is 1. The molecule has 20 heavy (non-hydrogen) atoms. The Balaban J connectivity index is 2.42. The van der Waals surface area contributed by atoms with Gasteiger partial charge in [0.15, 0.2) is 5.84 Å². The van der Waals surface area contributed by atoms with Crippen molar-refractivity contribution in [3.05, 3.63) is 35.9 Å². The Hall–Kier alpha value is -1.83. The highest BCUT2D eigenvalue weighted by molar-refractivity contribution is 7.99. The standard InChI is InChI=1S/C13H15N3O3S/c14-13(16-19)10-5-12(20-7-8(18)6-17)15-11-4-2-1-3-9(10)11/h1-5,8,17-19H,6-7H2,(H2,14,16). The van der Waals surface area contributed by atoms with Crippen LogP contribution in [0.3, 0.4) is 0 Å². The van der Waals surface area contributed by atoms with Crippen LogP contribution in [0.15, 0.2) is 40.5 Å². The van der Waals surface area contributed by atoms with Crippen molar-refractivity contribution in [3.63, 3.8) is 0 Å². The number of aliphatic hydroxyl groups is 2. The van der Waals surface area contributed by atoms with E-state index in [9.17, 15) is 5.11 Å². The van der Waals surface area contributed by atoms with Crippen LogP contribution in [0, 0.1) is 0 Å². The van der Waals surface area contributed by atoms with Crippen LogP contribution in [-0.4, -0.2) is 44.7 Å². The van der Waals surface area contributed by atoms with Gasteiger partial charge in [0, 0.05) is 16.7 Å². The number of amidine groups is 1. The highest BCUT2D eigenvalue weighted by Gasteiger charge is 2.11. The lowest BCUT2D eigenvalue weighted by molar-refractivity contribution is 0.113. The Morgan fingerprint density at radius 2 is 2.15 bits per heavy atom. The van der Waals surface area contributed by atoms with Gasteiger partial charge in [0.25, 0.3) is 0 Å². The van der Waals surface area contributed by atoms with Gasteiger partial charge in [0.1, 0.15) is 0 Å². The van der Waals surface area contributed by atoms with Crippen LogP contribution in [0.4, 0.5) is 0 Å². The van der Waals surface area contributed by atoms with E-state index < -0.39 is 6.10 Å². The number of oxime groups is 1. The molecule has 1 aromatic carbocycles. The number of benzene rings is 1. The van der Waals surface area contributed by atoms with Crippen molar-refractivity contribution in [2.45, 2.75) is 11.1 Å². The third-order valence-corrected chi connectivity index (χ3v) is 3.77. The molecule has 0 spiro atoms. The monoisotopic (exact) mass is 293 g/mol. The third-order valence-electron chi connectivity index (χ3n) is 2.71. The van der Waals surface area contributed by atoms with Crippen molar-refractivity contribution in [2.75, 3.05) is 12.4 Å². The zero-order valence-corrected chi connectivity index (χ0v) is 11.4. The maximum absolute atomic E-state index is 9.37. The molecule has 0 saturated carbocycles. The Kier molecular flexibility index (Phi) is 4.78. The molecule has 0 saturated heterocycles. The molecule has 7 heteroatoms. The lowest BCUT2D eigenvalue weighted by Crippen LogP contribution is -2.16. The molecule has 0 aliphatic carbocycles. The summed E-state index contributed by atoms with van der Waals surface area (Å²) in [5, 5.41) is 31.5. The molecule has 5 N–H and O–H groups in total. The summed E-state index contributed by atoms with van der Waals surface area (Å²) in [5.41, 5.74) is 6.99. The first-order valence-corrected chi connectivity index (χ1v) is 6.93. The minimum absolute atomic E-state index is 0.00755. The van der Waals surface area contributed by atoms with Crippen molar-refractivity contribution in [1.82, 2.24) is 4.98 Å². The number of hydrogen-bond acceptors (Lipinski definition) is 6. The average molecular weight is 293 g/mol. The molecule has 1 unspecified atom stereocenters. The Morgan fingerprint density at radius 3 is 2.85 bits per heavy atom. The van der Waals surface area contributed by atoms with Crippen LogP contribution in [-0.2, 0) is 0 Å². The van der Waals surface area contributed by atoms with Gasteiger partial charge in [-0.05, 0) is 12.1 Å². The summed E-state index contributed by atoms with van der Waals surface area (Å²) in [6.45, 7) is -0.298. The lowest BCUT2D eigenvalue weighted by atomic mass is 10.1. The SMILES string of the molecule is NC(=NO)c1cc(SCC(O)CO)nc2ccccc12. The van der Waals surface area contributed by atoms with Crippen molar-refractivity contribution < 1.29 is 15.4 Å². The van der Waals surface area contributed by atoms with Gasteiger partial charge in [-0.2, -0.15) is 0 Å². The van der Waals surface area contributed by atoms with Gasteiger partial charge in [-0.3, -0.25) is 0 Å². The molecule has 2 rings (SSSR count). The Labute approximate surface area is 119 Å². The highest BCUT2D eigenvalue weighted by atomic mass is 32.2. The molecule has 0 aliphatic rings. The van der Waals surface area contributed by atoms with E-state index in [0.29, 0.717) is 16.3 Å². The maximum atomic E-state index is 9.37. The molecule has 0 aliphatic heterocycles. The summed E-state index contributed by atoms with van der Waals surface area (Å²) in [6.07, 6.45) is -0.805. The predicted octanol–water partition coefficient (Wildman–Crippen LogP) is 0.775. The van der Waals surface area contributed by atoms with Crippen molar-refractivity contribution in [1.29, 1.82) is 0 Å². The number of fused-ring (bicyclic) bond motifs is 1. The molecule has 106 valence electrons. The van der Waals surface area contributed by atoms with Crippen LogP contribution in [0.25, 0.3) is 10.9 Å². The van der Waals surface area contributed by atoms with Crippen molar-refractivity contribution >= 4 is 28.5 Å². The fourth-order valence-electron chi connectivity index (χ4n) is 1.73. The van der Waals surface area contributed by atoms with E-state index in [0.717, 1.165) is 10.9 Å². The normalized spacial score (nSPS) is 13.6. The fraction of sp³-hybridized carbons (Fsp3) is 0.231. The number of para-hydroxylation sites is 1. The first-order chi connectivity index (χ1) is 9.65. The highest BCUT2D eigenvalue weighted by Crippen LogP contribution is 2.24. The summed E-state index contributed by atoms with van der Waals surface area (Å²) in [7, 11) is 0. The number of rotatable bonds is 5. The van der Waals surface area contributed by atoms with E-state index >= 15 is 0 Å². The number of aromatic nitrogens is 1. The van der Waals surface area contributed by atoms with E-state index in [-0.39, 0.29) is 12.4 Å². The molecule has 0 fully saturated rings. The van der Waals surface area contributed by atoms with E-state index in [1.165, 1.54) is 11.8 Å². The second-order valence-electron chi connectivity index (χ2n) is 4.16. The van der Waals surface area contributed by atoms with Crippen LogP contribution in [0.2, 0.25) is 0 Å². The molecule has 6 nitrogen and oxygen atoms in total. The first-order valence-electron chi connectivity index (χ1n) is 5.95.